The SMILES string of the molecule is O=C(CSc1nc2ccccc2c(=O)n1CCC(=O)N1CCCCC1)NCCc1ccccc1. The highest BCUT2D eigenvalue weighted by atomic mass is 32.2. The number of aromatic nitrogens is 2. The molecule has 178 valence electrons. The number of hydrogen-bond donors (Lipinski definition) is 1. The molecule has 34 heavy (non-hydrogen) atoms. The van der Waals surface area contributed by atoms with Crippen molar-refractivity contribution in [3.63, 3.8) is 0 Å². The number of piperidine rings is 1. The van der Waals surface area contributed by atoms with Crippen molar-refractivity contribution in [2.24, 2.45) is 0 Å². The fourth-order valence-electron chi connectivity index (χ4n) is 4.14. The van der Waals surface area contributed by atoms with Gasteiger partial charge in [-0.05, 0) is 43.4 Å². The van der Waals surface area contributed by atoms with Crippen LogP contribution in [-0.4, -0.2) is 51.7 Å². The van der Waals surface area contributed by atoms with E-state index in [0.29, 0.717) is 22.6 Å². The molecule has 1 aromatic heterocycles. The number of rotatable bonds is 9. The summed E-state index contributed by atoms with van der Waals surface area (Å²) in [5, 5.41) is 3.91. The van der Waals surface area contributed by atoms with Crippen molar-refractivity contribution < 1.29 is 9.59 Å². The molecule has 2 heterocycles. The first-order valence-corrected chi connectivity index (χ1v) is 12.8. The maximum Gasteiger partial charge on any atom is 0.262 e. The van der Waals surface area contributed by atoms with Gasteiger partial charge in [-0.1, -0.05) is 54.2 Å². The maximum atomic E-state index is 13.2. The van der Waals surface area contributed by atoms with Gasteiger partial charge >= 0.3 is 0 Å². The fraction of sp³-hybridized carbons (Fsp3) is 0.385. The Balaban J connectivity index is 1.42. The van der Waals surface area contributed by atoms with Gasteiger partial charge in [0.05, 0.1) is 16.7 Å². The first-order chi connectivity index (χ1) is 16.6. The number of likely N-dealkylation sites (tertiary alicyclic amines) is 1. The number of benzene rings is 2. The third kappa shape index (κ3) is 6.26. The van der Waals surface area contributed by atoms with Gasteiger partial charge in [0.25, 0.3) is 5.56 Å². The summed E-state index contributed by atoms with van der Waals surface area (Å²) >= 11 is 1.23. The van der Waals surface area contributed by atoms with Gasteiger partial charge in [-0.25, -0.2) is 4.98 Å². The number of fused-ring (bicyclic) bond motifs is 1. The highest BCUT2D eigenvalue weighted by Crippen LogP contribution is 2.19. The lowest BCUT2D eigenvalue weighted by atomic mass is 10.1. The third-order valence-corrected chi connectivity index (χ3v) is 6.97. The first kappa shape index (κ1) is 24.0. The van der Waals surface area contributed by atoms with Crippen LogP contribution >= 0.6 is 11.8 Å². The lowest BCUT2D eigenvalue weighted by Gasteiger charge is -2.27. The van der Waals surface area contributed by atoms with Gasteiger partial charge in [-0.3, -0.25) is 19.0 Å². The monoisotopic (exact) mass is 478 g/mol. The van der Waals surface area contributed by atoms with E-state index in [0.717, 1.165) is 38.8 Å². The van der Waals surface area contributed by atoms with Gasteiger partial charge in [0.1, 0.15) is 0 Å². The molecule has 1 aliphatic heterocycles. The van der Waals surface area contributed by atoms with E-state index in [1.807, 2.05) is 47.4 Å². The lowest BCUT2D eigenvalue weighted by Crippen LogP contribution is -2.37. The highest BCUT2D eigenvalue weighted by molar-refractivity contribution is 7.99. The van der Waals surface area contributed by atoms with Crippen LogP contribution in [0.2, 0.25) is 0 Å². The van der Waals surface area contributed by atoms with Gasteiger partial charge in [0.2, 0.25) is 11.8 Å². The van der Waals surface area contributed by atoms with Crippen LogP contribution in [0.15, 0.2) is 64.5 Å². The molecule has 0 unspecified atom stereocenters. The van der Waals surface area contributed by atoms with Crippen LogP contribution in [0.5, 0.6) is 0 Å². The number of carbonyl (C=O) groups excluding carboxylic acids is 2. The topological polar surface area (TPSA) is 84.3 Å². The molecule has 1 aliphatic rings. The van der Waals surface area contributed by atoms with Crippen molar-refractivity contribution in [3.05, 3.63) is 70.5 Å². The van der Waals surface area contributed by atoms with Crippen molar-refractivity contribution in [1.29, 1.82) is 0 Å². The van der Waals surface area contributed by atoms with Crippen molar-refractivity contribution in [1.82, 2.24) is 19.8 Å². The average molecular weight is 479 g/mol. The Morgan fingerprint density at radius 1 is 0.971 bits per heavy atom. The second kappa shape index (κ2) is 11.8. The Hall–Kier alpha value is -3.13. The maximum absolute atomic E-state index is 13.2. The molecule has 0 spiro atoms. The Kier molecular flexibility index (Phi) is 8.36. The zero-order valence-electron chi connectivity index (χ0n) is 19.2. The summed E-state index contributed by atoms with van der Waals surface area (Å²) in [6, 6.07) is 17.2. The zero-order valence-corrected chi connectivity index (χ0v) is 20.1. The molecule has 0 radical (unpaired) electrons. The van der Waals surface area contributed by atoms with E-state index in [9.17, 15) is 14.4 Å². The van der Waals surface area contributed by atoms with Gasteiger partial charge < -0.3 is 10.2 Å². The minimum Gasteiger partial charge on any atom is -0.355 e. The number of para-hydroxylation sites is 1. The molecule has 4 rings (SSSR count). The van der Waals surface area contributed by atoms with Crippen LogP contribution in [0.1, 0.15) is 31.2 Å². The van der Waals surface area contributed by atoms with Gasteiger partial charge in [0.15, 0.2) is 5.16 Å². The number of carbonyl (C=O) groups is 2. The average Bonchev–Trinajstić information content (AvgIpc) is 2.88. The molecule has 1 fully saturated rings. The van der Waals surface area contributed by atoms with E-state index in [1.165, 1.54) is 17.3 Å². The van der Waals surface area contributed by atoms with Crippen LogP contribution in [0, 0.1) is 0 Å². The van der Waals surface area contributed by atoms with Crippen LogP contribution in [0.4, 0.5) is 0 Å². The van der Waals surface area contributed by atoms with Crippen LogP contribution in [0.3, 0.4) is 0 Å². The summed E-state index contributed by atoms with van der Waals surface area (Å²) < 4.78 is 1.55. The summed E-state index contributed by atoms with van der Waals surface area (Å²) in [6.07, 6.45) is 4.23. The predicted molar refractivity (Wildman–Crippen MR) is 135 cm³/mol. The fourth-order valence-corrected chi connectivity index (χ4v) is 4.99. The first-order valence-electron chi connectivity index (χ1n) is 11.8. The standard InChI is InChI=1S/C26H30N4O3S/c31-23(27-15-13-20-9-3-1-4-10-20)19-34-26-28-22-12-6-5-11-21(22)25(33)30(26)18-14-24(32)29-16-7-2-8-17-29/h1,3-6,9-12H,2,7-8,13-19H2,(H,27,31). The summed E-state index contributed by atoms with van der Waals surface area (Å²) in [5.41, 5.74) is 1.58. The number of nitrogens with zero attached hydrogens (tertiary/aromatic N) is 3. The molecule has 2 amide bonds. The Bertz CT molecular complexity index is 1190. The summed E-state index contributed by atoms with van der Waals surface area (Å²) in [7, 11) is 0. The normalized spacial score (nSPS) is 13.7. The Morgan fingerprint density at radius 2 is 1.71 bits per heavy atom. The van der Waals surface area contributed by atoms with Crippen LogP contribution in [-0.2, 0) is 22.6 Å². The molecule has 0 saturated carbocycles. The minimum atomic E-state index is -0.177. The highest BCUT2D eigenvalue weighted by Gasteiger charge is 2.18. The largest absolute Gasteiger partial charge is 0.355 e. The molecule has 8 heteroatoms. The molecule has 3 aromatic rings. The van der Waals surface area contributed by atoms with E-state index >= 15 is 0 Å². The number of amides is 2. The van der Waals surface area contributed by atoms with Crippen molar-refractivity contribution >= 4 is 34.5 Å². The van der Waals surface area contributed by atoms with E-state index in [1.54, 1.807) is 16.7 Å². The Morgan fingerprint density at radius 3 is 2.50 bits per heavy atom. The van der Waals surface area contributed by atoms with Crippen LogP contribution < -0.4 is 10.9 Å². The van der Waals surface area contributed by atoms with Gasteiger partial charge in [-0.2, -0.15) is 0 Å². The van der Waals surface area contributed by atoms with Crippen LogP contribution in [0.25, 0.3) is 10.9 Å². The third-order valence-electron chi connectivity index (χ3n) is 6.00. The van der Waals surface area contributed by atoms with E-state index in [4.69, 9.17) is 0 Å². The smallest absolute Gasteiger partial charge is 0.262 e. The van der Waals surface area contributed by atoms with Crippen molar-refractivity contribution in [2.45, 2.75) is 43.8 Å². The summed E-state index contributed by atoms with van der Waals surface area (Å²) in [6.45, 7) is 2.37. The second-order valence-electron chi connectivity index (χ2n) is 8.43. The van der Waals surface area contributed by atoms with E-state index in [2.05, 4.69) is 10.3 Å². The molecule has 0 aliphatic carbocycles. The minimum absolute atomic E-state index is 0.0642. The molecule has 2 aromatic carbocycles. The number of thioether (sulfide) groups is 1. The summed E-state index contributed by atoms with van der Waals surface area (Å²) in [4.78, 5) is 44.8. The molecule has 0 atom stereocenters. The molecule has 1 N–H and O–H groups in total. The lowest BCUT2D eigenvalue weighted by molar-refractivity contribution is -0.132. The zero-order chi connectivity index (χ0) is 23.8. The molecule has 1 saturated heterocycles. The van der Waals surface area contributed by atoms with E-state index < -0.39 is 0 Å². The molecule has 7 nitrogen and oxygen atoms in total. The van der Waals surface area contributed by atoms with Crippen molar-refractivity contribution in [2.75, 3.05) is 25.4 Å². The van der Waals surface area contributed by atoms with Crippen molar-refractivity contribution in [3.8, 4) is 0 Å². The quantitative estimate of drug-likeness (QED) is 0.377. The second-order valence-corrected chi connectivity index (χ2v) is 9.38. The van der Waals surface area contributed by atoms with E-state index in [-0.39, 0.29) is 36.1 Å². The number of hydrogen-bond acceptors (Lipinski definition) is 5. The molecule has 0 bridgehead atoms. The molecular formula is C26H30N4O3S. The Labute approximate surface area is 203 Å². The van der Waals surface area contributed by atoms with Gasteiger partial charge in [0, 0.05) is 32.6 Å². The summed E-state index contributed by atoms with van der Waals surface area (Å²) in [5.74, 6) is 0.105. The molecular weight excluding hydrogens is 448 g/mol. The van der Waals surface area contributed by atoms with Gasteiger partial charge in [-0.15, -0.1) is 0 Å². The number of nitrogens with one attached hydrogen (secondary N) is 1. The predicted octanol–water partition coefficient (Wildman–Crippen LogP) is 3.25.